The molecule has 1 heterocycles. The minimum atomic E-state index is -0.647. The Bertz CT molecular complexity index is 1510. The minimum Gasteiger partial charge on any atom is -0.497 e. The van der Waals surface area contributed by atoms with E-state index in [0.29, 0.717) is 22.0 Å². The summed E-state index contributed by atoms with van der Waals surface area (Å²) in [5.41, 5.74) is 3.18. The number of thiazole rings is 1. The predicted molar refractivity (Wildman–Crippen MR) is 131 cm³/mol. The van der Waals surface area contributed by atoms with Crippen LogP contribution in [0.25, 0.3) is 10.2 Å². The number of ether oxygens (including phenoxy) is 1. The van der Waals surface area contributed by atoms with Crippen LogP contribution >= 0.6 is 11.3 Å². The van der Waals surface area contributed by atoms with Gasteiger partial charge in [-0.1, -0.05) is 11.3 Å². The summed E-state index contributed by atoms with van der Waals surface area (Å²) >= 11 is 1.26. The summed E-state index contributed by atoms with van der Waals surface area (Å²) in [4.78, 5) is 37.5. The minimum absolute atomic E-state index is 0.0444. The molecule has 14 heteroatoms. The van der Waals surface area contributed by atoms with E-state index in [1.165, 1.54) is 59.9 Å². The summed E-state index contributed by atoms with van der Waals surface area (Å²) in [5.74, 6) is -0.0275. The average molecular weight is 505 g/mol. The second-order valence-electron chi connectivity index (χ2n) is 7.01. The summed E-state index contributed by atoms with van der Waals surface area (Å²) in [6.45, 7) is 0. The lowest BCUT2D eigenvalue weighted by Crippen LogP contribution is -2.19. The zero-order chi connectivity index (χ0) is 25.7. The van der Waals surface area contributed by atoms with Crippen molar-refractivity contribution in [1.82, 2.24) is 10.4 Å². The number of non-ortho nitro benzene ring substituents is 2. The average Bonchev–Trinajstić information content (AvgIpc) is 3.30. The zero-order valence-electron chi connectivity index (χ0n) is 18.4. The van der Waals surface area contributed by atoms with E-state index in [1.807, 2.05) is 6.07 Å². The number of nitro groups is 2. The molecular formula is C22H15N7O6S. The number of hydrogen-bond acceptors (Lipinski definition) is 10. The molecule has 1 N–H and O–H groups in total. The third kappa shape index (κ3) is 5.51. The highest BCUT2D eigenvalue weighted by Gasteiger charge is 2.12. The highest BCUT2D eigenvalue weighted by Crippen LogP contribution is 2.31. The van der Waals surface area contributed by atoms with E-state index in [2.05, 4.69) is 25.7 Å². The maximum absolute atomic E-state index is 12.5. The van der Waals surface area contributed by atoms with E-state index >= 15 is 0 Å². The first-order valence-electron chi connectivity index (χ1n) is 10.1. The third-order valence-corrected chi connectivity index (χ3v) is 5.66. The van der Waals surface area contributed by atoms with Crippen LogP contribution < -0.4 is 10.2 Å². The van der Waals surface area contributed by atoms with Gasteiger partial charge in [0.25, 0.3) is 17.3 Å². The number of nitrogens with one attached hydrogen (secondary N) is 1. The second kappa shape index (κ2) is 10.4. The first-order chi connectivity index (χ1) is 17.3. The van der Waals surface area contributed by atoms with E-state index in [1.54, 1.807) is 19.2 Å². The zero-order valence-corrected chi connectivity index (χ0v) is 19.2. The van der Waals surface area contributed by atoms with Gasteiger partial charge >= 0.3 is 0 Å². The molecule has 0 aliphatic rings. The van der Waals surface area contributed by atoms with Gasteiger partial charge in [-0.2, -0.15) is 0 Å². The first kappa shape index (κ1) is 24.0. The molecule has 0 fully saturated rings. The van der Waals surface area contributed by atoms with Crippen LogP contribution in [0.15, 0.2) is 82.1 Å². The highest BCUT2D eigenvalue weighted by molar-refractivity contribution is 7.21. The summed E-state index contributed by atoms with van der Waals surface area (Å²) in [6, 6.07) is 15.7. The highest BCUT2D eigenvalue weighted by atomic mass is 32.1. The summed E-state index contributed by atoms with van der Waals surface area (Å²) in [5, 5.41) is 34.3. The fourth-order valence-electron chi connectivity index (χ4n) is 2.93. The van der Waals surface area contributed by atoms with Crippen LogP contribution in [0.5, 0.6) is 5.75 Å². The molecule has 1 amide bonds. The van der Waals surface area contributed by atoms with E-state index in [4.69, 9.17) is 4.74 Å². The number of fused-ring (bicyclic) bond motifs is 1. The molecule has 0 saturated carbocycles. The van der Waals surface area contributed by atoms with Crippen LogP contribution in [0, 0.1) is 20.2 Å². The maximum atomic E-state index is 12.5. The van der Waals surface area contributed by atoms with E-state index in [0.717, 1.165) is 4.70 Å². The summed E-state index contributed by atoms with van der Waals surface area (Å²) in [6.07, 6.45) is 0. The molecule has 0 radical (unpaired) electrons. The Morgan fingerprint density at radius 1 is 0.944 bits per heavy atom. The van der Waals surface area contributed by atoms with Crippen LogP contribution in [0.1, 0.15) is 15.9 Å². The van der Waals surface area contributed by atoms with Gasteiger partial charge in [0.05, 0.1) is 27.2 Å². The monoisotopic (exact) mass is 505 g/mol. The van der Waals surface area contributed by atoms with Crippen LogP contribution in [-0.2, 0) is 0 Å². The van der Waals surface area contributed by atoms with Crippen molar-refractivity contribution in [3.8, 4) is 5.75 Å². The van der Waals surface area contributed by atoms with Crippen molar-refractivity contribution in [3.05, 3.63) is 98.1 Å². The molecular weight excluding hydrogens is 490 g/mol. The fourth-order valence-corrected chi connectivity index (χ4v) is 3.75. The van der Waals surface area contributed by atoms with Gasteiger partial charge in [0, 0.05) is 35.4 Å². The van der Waals surface area contributed by atoms with E-state index < -0.39 is 15.8 Å². The Labute approximate surface area is 206 Å². The molecule has 180 valence electrons. The fraction of sp³-hybridized carbons (Fsp3) is 0.0455. The predicted octanol–water partition coefficient (Wildman–Crippen LogP) is 5.00. The van der Waals surface area contributed by atoms with Gasteiger partial charge in [0.15, 0.2) is 0 Å². The number of nitro benzene ring substituents is 2. The molecule has 4 aromatic rings. The van der Waals surface area contributed by atoms with Crippen LogP contribution in [0.2, 0.25) is 0 Å². The lowest BCUT2D eigenvalue weighted by Gasteiger charge is -2.03. The molecule has 1 aromatic heterocycles. The van der Waals surface area contributed by atoms with Gasteiger partial charge < -0.3 is 4.74 Å². The van der Waals surface area contributed by atoms with Gasteiger partial charge in [0.2, 0.25) is 11.0 Å². The maximum Gasteiger partial charge on any atom is 0.271 e. The Kier molecular flexibility index (Phi) is 6.97. The molecule has 36 heavy (non-hydrogen) atoms. The Balaban J connectivity index is 1.62. The van der Waals surface area contributed by atoms with Crippen molar-refractivity contribution < 1.29 is 19.4 Å². The van der Waals surface area contributed by atoms with Crippen LogP contribution in [0.4, 0.5) is 16.5 Å². The lowest BCUT2D eigenvalue weighted by atomic mass is 10.2. The number of carbonyl (C=O) groups excluding carboxylic acids is 1. The number of nitrogens with zero attached hydrogens (tertiary/aromatic N) is 6. The normalized spacial score (nSPS) is 11.5. The Morgan fingerprint density at radius 3 is 2.14 bits per heavy atom. The molecule has 0 spiro atoms. The number of rotatable bonds is 7. The molecule has 0 saturated heterocycles. The number of methoxy groups -OCH3 is 1. The number of benzene rings is 3. The van der Waals surface area contributed by atoms with Crippen molar-refractivity contribution in [2.24, 2.45) is 15.3 Å². The topological polar surface area (TPSA) is 175 Å². The molecule has 0 unspecified atom stereocenters. The van der Waals surface area contributed by atoms with Crippen LogP contribution in [-0.4, -0.2) is 33.7 Å². The molecule has 0 aliphatic carbocycles. The van der Waals surface area contributed by atoms with Gasteiger partial charge in [0.1, 0.15) is 5.75 Å². The molecule has 4 rings (SSSR count). The number of hydrazone groups is 1. The van der Waals surface area contributed by atoms with Gasteiger partial charge in [-0.3, -0.25) is 25.0 Å². The van der Waals surface area contributed by atoms with E-state index in [9.17, 15) is 25.0 Å². The molecule has 0 atom stereocenters. The van der Waals surface area contributed by atoms with Crippen molar-refractivity contribution in [1.29, 1.82) is 0 Å². The number of hydrogen-bond donors (Lipinski definition) is 1. The molecule has 0 bridgehead atoms. The number of carbonyl (C=O) groups is 1. The molecule has 13 nitrogen and oxygen atoms in total. The number of amidine groups is 1. The van der Waals surface area contributed by atoms with E-state index in [-0.39, 0.29) is 22.8 Å². The molecule has 3 aromatic carbocycles. The smallest absolute Gasteiger partial charge is 0.271 e. The number of aromatic nitrogens is 1. The number of amides is 1. The van der Waals surface area contributed by atoms with Crippen molar-refractivity contribution >= 4 is 49.8 Å². The first-order valence-corrected chi connectivity index (χ1v) is 10.9. The lowest BCUT2D eigenvalue weighted by molar-refractivity contribution is -0.385. The third-order valence-electron chi connectivity index (χ3n) is 4.75. The van der Waals surface area contributed by atoms with Gasteiger partial charge in [-0.25, -0.2) is 10.4 Å². The Morgan fingerprint density at radius 2 is 1.56 bits per heavy atom. The van der Waals surface area contributed by atoms with Crippen molar-refractivity contribution in [2.45, 2.75) is 0 Å². The van der Waals surface area contributed by atoms with Crippen molar-refractivity contribution in [2.75, 3.05) is 7.11 Å². The SMILES string of the molecule is COc1ccc2nc(N=N/C(=N/NC(=O)c3ccc([N+](=O)[O-])cc3)c3ccc([N+](=O)[O-])cc3)sc2c1. The number of azo groups is 1. The van der Waals surface area contributed by atoms with Crippen molar-refractivity contribution in [3.63, 3.8) is 0 Å². The summed E-state index contributed by atoms with van der Waals surface area (Å²) < 4.78 is 6.03. The van der Waals surface area contributed by atoms with Gasteiger partial charge in [-0.15, -0.1) is 15.3 Å². The second-order valence-corrected chi connectivity index (χ2v) is 8.02. The quantitative estimate of drug-likeness (QED) is 0.121. The molecule has 0 aliphatic heterocycles. The van der Waals surface area contributed by atoms with Crippen LogP contribution in [0.3, 0.4) is 0 Å². The largest absolute Gasteiger partial charge is 0.497 e. The standard InChI is InChI=1S/C22H15N7O6S/c1-35-17-10-11-18-19(12-17)36-22(23-18)27-25-20(13-2-6-15(7-3-13)28(31)32)24-26-21(30)14-4-8-16(9-5-14)29(33)34/h2-12H,1H3,(H,26,30)/b24-20+,27-25?. The summed E-state index contributed by atoms with van der Waals surface area (Å²) in [7, 11) is 1.56. The Hall–Kier alpha value is -5.11. The van der Waals surface area contributed by atoms with Gasteiger partial charge in [-0.05, 0) is 42.5 Å².